The Bertz CT molecular complexity index is 441. The molecule has 1 aromatic rings. The molecule has 0 atom stereocenters. The third-order valence-electron chi connectivity index (χ3n) is 3.18. The molecule has 0 fully saturated rings. The predicted molar refractivity (Wildman–Crippen MR) is 95.7 cm³/mol. The summed E-state index contributed by atoms with van der Waals surface area (Å²) in [6.07, 6.45) is 4.37. The van der Waals surface area contributed by atoms with Gasteiger partial charge in [-0.25, -0.2) is 9.97 Å². The molecular weight excluding hydrogens is 280 g/mol. The molecule has 0 amide bonds. The van der Waals surface area contributed by atoms with Crippen LogP contribution >= 0.6 is 11.8 Å². The number of anilines is 2. The van der Waals surface area contributed by atoms with Crippen LogP contribution in [0.5, 0.6) is 0 Å². The summed E-state index contributed by atoms with van der Waals surface area (Å²) in [6.45, 7) is 12.6. The molecule has 2 N–H and O–H groups in total. The van der Waals surface area contributed by atoms with Crippen LogP contribution in [0.25, 0.3) is 0 Å². The van der Waals surface area contributed by atoms with Gasteiger partial charge in [0, 0.05) is 24.1 Å². The van der Waals surface area contributed by atoms with Crippen molar-refractivity contribution in [1.82, 2.24) is 9.97 Å². The molecular formula is C16H30N4S. The van der Waals surface area contributed by atoms with Gasteiger partial charge in [0.1, 0.15) is 17.5 Å². The minimum Gasteiger partial charge on any atom is -0.370 e. The molecule has 0 saturated heterocycles. The second kappa shape index (κ2) is 8.47. The van der Waals surface area contributed by atoms with Crippen LogP contribution < -0.4 is 10.6 Å². The fraction of sp³-hybridized carbons (Fsp3) is 0.750. The zero-order valence-electron chi connectivity index (χ0n) is 14.3. The SMILES string of the molecule is CCCNc1nc(C(C)(C)C)nc(NCCCSC)c1C. The molecule has 1 heterocycles. The van der Waals surface area contributed by atoms with E-state index >= 15 is 0 Å². The largest absolute Gasteiger partial charge is 0.370 e. The lowest BCUT2D eigenvalue weighted by Crippen LogP contribution is -2.20. The molecule has 5 heteroatoms. The van der Waals surface area contributed by atoms with Crippen molar-refractivity contribution in [2.75, 3.05) is 35.7 Å². The number of hydrogen-bond donors (Lipinski definition) is 2. The van der Waals surface area contributed by atoms with E-state index in [0.29, 0.717) is 0 Å². The summed E-state index contributed by atoms with van der Waals surface area (Å²) >= 11 is 1.88. The van der Waals surface area contributed by atoms with Crippen molar-refractivity contribution in [2.24, 2.45) is 0 Å². The highest BCUT2D eigenvalue weighted by atomic mass is 32.2. The first-order valence-electron chi connectivity index (χ1n) is 7.76. The standard InChI is InChI=1S/C16H30N4S/c1-7-9-17-13-12(2)14(18-10-8-11-21-6)20-15(19-13)16(3,4)5/h7-11H2,1-6H3,(H2,17,18,19,20). The van der Waals surface area contributed by atoms with Crippen LogP contribution in [0.15, 0.2) is 0 Å². The normalized spacial score (nSPS) is 11.5. The average Bonchev–Trinajstić information content (AvgIpc) is 2.42. The summed E-state index contributed by atoms with van der Waals surface area (Å²) < 4.78 is 0. The van der Waals surface area contributed by atoms with Crippen LogP contribution in [0, 0.1) is 6.92 Å². The van der Waals surface area contributed by atoms with Gasteiger partial charge in [0.05, 0.1) is 0 Å². The number of nitrogens with one attached hydrogen (secondary N) is 2. The molecule has 0 aliphatic heterocycles. The number of thioether (sulfide) groups is 1. The van der Waals surface area contributed by atoms with Gasteiger partial charge in [-0.3, -0.25) is 0 Å². The Kier molecular flexibility index (Phi) is 7.29. The van der Waals surface area contributed by atoms with Crippen molar-refractivity contribution < 1.29 is 0 Å². The molecule has 0 bridgehead atoms. The van der Waals surface area contributed by atoms with Gasteiger partial charge in [-0.05, 0) is 31.8 Å². The summed E-state index contributed by atoms with van der Waals surface area (Å²) in [6, 6.07) is 0. The Labute approximate surface area is 133 Å². The number of hydrogen-bond acceptors (Lipinski definition) is 5. The molecule has 4 nitrogen and oxygen atoms in total. The molecule has 0 radical (unpaired) electrons. The predicted octanol–water partition coefficient (Wildman–Crippen LogP) is 4.07. The molecule has 120 valence electrons. The molecule has 1 rings (SSSR count). The van der Waals surface area contributed by atoms with Crippen molar-refractivity contribution in [1.29, 1.82) is 0 Å². The highest BCUT2D eigenvalue weighted by Crippen LogP contribution is 2.26. The fourth-order valence-electron chi connectivity index (χ4n) is 1.86. The van der Waals surface area contributed by atoms with Crippen LogP contribution in [0.1, 0.15) is 51.9 Å². The lowest BCUT2D eigenvalue weighted by atomic mass is 9.95. The van der Waals surface area contributed by atoms with E-state index in [1.54, 1.807) is 0 Å². The molecule has 1 aromatic heterocycles. The van der Waals surface area contributed by atoms with Gasteiger partial charge >= 0.3 is 0 Å². The van der Waals surface area contributed by atoms with Crippen molar-refractivity contribution in [3.05, 3.63) is 11.4 Å². The topological polar surface area (TPSA) is 49.8 Å². The van der Waals surface area contributed by atoms with E-state index in [-0.39, 0.29) is 5.41 Å². The van der Waals surface area contributed by atoms with Gasteiger partial charge in [0.25, 0.3) is 0 Å². The van der Waals surface area contributed by atoms with Gasteiger partial charge < -0.3 is 10.6 Å². The monoisotopic (exact) mass is 310 g/mol. The van der Waals surface area contributed by atoms with Gasteiger partial charge in [-0.2, -0.15) is 11.8 Å². The number of aromatic nitrogens is 2. The first-order chi connectivity index (χ1) is 9.90. The van der Waals surface area contributed by atoms with E-state index in [0.717, 1.165) is 49.0 Å². The van der Waals surface area contributed by atoms with E-state index in [9.17, 15) is 0 Å². The molecule has 0 spiro atoms. The Balaban J connectivity index is 2.97. The maximum absolute atomic E-state index is 4.74. The van der Waals surface area contributed by atoms with Gasteiger partial charge in [-0.1, -0.05) is 27.7 Å². The van der Waals surface area contributed by atoms with E-state index < -0.39 is 0 Å². The molecule has 0 aliphatic carbocycles. The summed E-state index contributed by atoms with van der Waals surface area (Å²) in [5, 5.41) is 6.89. The summed E-state index contributed by atoms with van der Waals surface area (Å²) in [7, 11) is 0. The highest BCUT2D eigenvalue weighted by Gasteiger charge is 2.21. The van der Waals surface area contributed by atoms with Crippen LogP contribution in [0.4, 0.5) is 11.6 Å². The minimum atomic E-state index is -0.0496. The Morgan fingerprint density at radius 1 is 1.05 bits per heavy atom. The lowest BCUT2D eigenvalue weighted by Gasteiger charge is -2.21. The lowest BCUT2D eigenvalue weighted by molar-refractivity contribution is 0.546. The third-order valence-corrected chi connectivity index (χ3v) is 3.87. The van der Waals surface area contributed by atoms with Gasteiger partial charge in [0.2, 0.25) is 0 Å². The summed E-state index contributed by atoms with van der Waals surface area (Å²) in [5.74, 6) is 3.99. The molecule has 0 saturated carbocycles. The average molecular weight is 311 g/mol. The van der Waals surface area contributed by atoms with E-state index in [1.165, 1.54) is 5.75 Å². The Morgan fingerprint density at radius 2 is 1.62 bits per heavy atom. The van der Waals surface area contributed by atoms with E-state index in [1.807, 2.05) is 11.8 Å². The maximum Gasteiger partial charge on any atom is 0.138 e. The second-order valence-electron chi connectivity index (χ2n) is 6.32. The number of nitrogens with zero attached hydrogens (tertiary/aromatic N) is 2. The van der Waals surface area contributed by atoms with Crippen LogP contribution in [0.2, 0.25) is 0 Å². The highest BCUT2D eigenvalue weighted by molar-refractivity contribution is 7.98. The number of rotatable bonds is 8. The van der Waals surface area contributed by atoms with Crippen LogP contribution in [0.3, 0.4) is 0 Å². The van der Waals surface area contributed by atoms with Crippen LogP contribution in [-0.2, 0) is 5.41 Å². The zero-order chi connectivity index (χ0) is 15.9. The first-order valence-corrected chi connectivity index (χ1v) is 9.15. The Morgan fingerprint density at radius 3 is 2.10 bits per heavy atom. The first kappa shape index (κ1) is 18.1. The third kappa shape index (κ3) is 5.73. The Hall–Kier alpha value is -0.970. The summed E-state index contributed by atoms with van der Waals surface area (Å²) in [4.78, 5) is 9.46. The van der Waals surface area contributed by atoms with Crippen molar-refractivity contribution >= 4 is 23.4 Å². The molecule has 0 aromatic carbocycles. The van der Waals surface area contributed by atoms with Gasteiger partial charge in [0.15, 0.2) is 0 Å². The fourth-order valence-corrected chi connectivity index (χ4v) is 2.30. The zero-order valence-corrected chi connectivity index (χ0v) is 15.2. The van der Waals surface area contributed by atoms with E-state index in [2.05, 4.69) is 51.5 Å². The quantitative estimate of drug-likeness (QED) is 0.709. The van der Waals surface area contributed by atoms with E-state index in [4.69, 9.17) is 9.97 Å². The molecule has 0 aliphatic rings. The smallest absolute Gasteiger partial charge is 0.138 e. The summed E-state index contributed by atoms with van der Waals surface area (Å²) in [5.41, 5.74) is 1.06. The van der Waals surface area contributed by atoms with Crippen molar-refractivity contribution in [3.8, 4) is 0 Å². The van der Waals surface area contributed by atoms with Crippen molar-refractivity contribution in [3.63, 3.8) is 0 Å². The molecule has 21 heavy (non-hydrogen) atoms. The molecule has 0 unspecified atom stereocenters. The second-order valence-corrected chi connectivity index (χ2v) is 7.30. The maximum atomic E-state index is 4.74. The van der Waals surface area contributed by atoms with Gasteiger partial charge in [-0.15, -0.1) is 0 Å². The van der Waals surface area contributed by atoms with Crippen molar-refractivity contribution in [2.45, 2.75) is 52.9 Å². The van der Waals surface area contributed by atoms with Crippen LogP contribution in [-0.4, -0.2) is 35.1 Å². The minimum absolute atomic E-state index is 0.0496.